The van der Waals surface area contributed by atoms with Gasteiger partial charge in [0.05, 0.1) is 10.7 Å². The van der Waals surface area contributed by atoms with Gasteiger partial charge in [-0.25, -0.2) is 0 Å². The second kappa shape index (κ2) is 9.94. The molecular formula is C18H17ClN2O5S. The molecule has 0 aliphatic carbocycles. The zero-order valence-electron chi connectivity index (χ0n) is 14.4. The van der Waals surface area contributed by atoms with Crippen LogP contribution in [0, 0.1) is 17.0 Å². The van der Waals surface area contributed by atoms with Gasteiger partial charge in [-0.1, -0.05) is 41.4 Å². The summed E-state index contributed by atoms with van der Waals surface area (Å²) in [6.45, 7) is 1.53. The lowest BCUT2D eigenvalue weighted by molar-refractivity contribution is -0.384. The molecule has 7 nitrogen and oxygen atoms in total. The fourth-order valence-corrected chi connectivity index (χ4v) is 3.02. The average Bonchev–Trinajstić information content (AvgIpc) is 2.63. The normalized spacial score (nSPS) is 10.3. The first-order chi connectivity index (χ1) is 12.8. The molecule has 0 bridgehead atoms. The SMILES string of the molecule is Cc1ccc(CSCC(=O)OCC(=O)Nc2ccc(Cl)c([N+](=O)[O-])c2)cc1. The van der Waals surface area contributed by atoms with Gasteiger partial charge in [0, 0.05) is 17.5 Å². The second-order valence-electron chi connectivity index (χ2n) is 5.61. The van der Waals surface area contributed by atoms with E-state index >= 15 is 0 Å². The zero-order chi connectivity index (χ0) is 19.8. The number of aryl methyl sites for hydroxylation is 1. The van der Waals surface area contributed by atoms with Crippen molar-refractivity contribution in [2.75, 3.05) is 17.7 Å². The summed E-state index contributed by atoms with van der Waals surface area (Å²) in [5, 5.41) is 13.2. The summed E-state index contributed by atoms with van der Waals surface area (Å²) >= 11 is 7.09. The molecule has 2 aromatic carbocycles. The van der Waals surface area contributed by atoms with Gasteiger partial charge in [0.2, 0.25) is 0 Å². The van der Waals surface area contributed by atoms with Gasteiger partial charge in [-0.15, -0.1) is 11.8 Å². The molecule has 0 radical (unpaired) electrons. The van der Waals surface area contributed by atoms with Crippen LogP contribution in [0.2, 0.25) is 5.02 Å². The number of benzene rings is 2. The maximum Gasteiger partial charge on any atom is 0.316 e. The van der Waals surface area contributed by atoms with E-state index in [-0.39, 0.29) is 22.2 Å². The smallest absolute Gasteiger partial charge is 0.316 e. The fourth-order valence-electron chi connectivity index (χ4n) is 2.05. The van der Waals surface area contributed by atoms with Crippen LogP contribution in [0.3, 0.4) is 0 Å². The van der Waals surface area contributed by atoms with Crippen molar-refractivity contribution in [3.8, 4) is 0 Å². The molecule has 0 saturated carbocycles. The molecule has 0 fully saturated rings. The summed E-state index contributed by atoms with van der Waals surface area (Å²) in [7, 11) is 0. The highest BCUT2D eigenvalue weighted by atomic mass is 35.5. The minimum absolute atomic E-state index is 0.0324. The molecule has 0 aromatic heterocycles. The highest BCUT2D eigenvalue weighted by molar-refractivity contribution is 7.99. The number of ether oxygens (including phenoxy) is 1. The Balaban J connectivity index is 1.73. The topological polar surface area (TPSA) is 98.5 Å². The van der Waals surface area contributed by atoms with Gasteiger partial charge >= 0.3 is 5.97 Å². The number of halogens is 1. The quantitative estimate of drug-likeness (QED) is 0.403. The third-order valence-corrected chi connectivity index (χ3v) is 4.70. The molecule has 0 atom stereocenters. The molecule has 142 valence electrons. The Labute approximate surface area is 165 Å². The van der Waals surface area contributed by atoms with Crippen molar-refractivity contribution in [2.45, 2.75) is 12.7 Å². The molecule has 9 heteroatoms. The number of thioether (sulfide) groups is 1. The Morgan fingerprint density at radius 2 is 1.93 bits per heavy atom. The number of carbonyl (C=O) groups excluding carboxylic acids is 2. The molecule has 2 rings (SSSR count). The van der Waals surface area contributed by atoms with E-state index in [0.717, 1.165) is 11.6 Å². The summed E-state index contributed by atoms with van der Waals surface area (Å²) in [5.41, 5.74) is 2.14. The number of amides is 1. The third-order valence-electron chi connectivity index (χ3n) is 3.40. The van der Waals surface area contributed by atoms with Gasteiger partial charge in [-0.05, 0) is 24.6 Å². The first-order valence-electron chi connectivity index (χ1n) is 7.88. The number of nitro groups is 1. The van der Waals surface area contributed by atoms with Crippen LogP contribution >= 0.6 is 23.4 Å². The number of nitro benzene ring substituents is 1. The lowest BCUT2D eigenvalue weighted by atomic mass is 10.2. The number of nitrogens with zero attached hydrogens (tertiary/aromatic N) is 1. The van der Waals surface area contributed by atoms with Crippen molar-refractivity contribution >= 4 is 46.6 Å². The van der Waals surface area contributed by atoms with E-state index in [9.17, 15) is 19.7 Å². The predicted molar refractivity (Wildman–Crippen MR) is 105 cm³/mol. The van der Waals surface area contributed by atoms with E-state index in [1.807, 2.05) is 31.2 Å². The van der Waals surface area contributed by atoms with Crippen LogP contribution in [0.5, 0.6) is 0 Å². The van der Waals surface area contributed by atoms with Crippen molar-refractivity contribution in [1.82, 2.24) is 0 Å². The number of rotatable bonds is 8. The second-order valence-corrected chi connectivity index (χ2v) is 7.00. The number of anilines is 1. The lowest BCUT2D eigenvalue weighted by Gasteiger charge is -2.07. The largest absolute Gasteiger partial charge is 0.455 e. The van der Waals surface area contributed by atoms with Crippen molar-refractivity contribution < 1.29 is 19.2 Å². The minimum Gasteiger partial charge on any atom is -0.455 e. The molecule has 0 spiro atoms. The number of nitrogens with one attached hydrogen (secondary N) is 1. The van der Waals surface area contributed by atoms with Crippen LogP contribution in [0.4, 0.5) is 11.4 Å². The van der Waals surface area contributed by atoms with Gasteiger partial charge < -0.3 is 10.1 Å². The number of esters is 1. The molecular weight excluding hydrogens is 392 g/mol. The van der Waals surface area contributed by atoms with Crippen molar-refractivity contribution in [3.05, 3.63) is 68.7 Å². The first-order valence-corrected chi connectivity index (χ1v) is 9.41. The summed E-state index contributed by atoms with van der Waals surface area (Å²) in [5.74, 6) is -0.322. The van der Waals surface area contributed by atoms with Crippen LogP contribution in [0.1, 0.15) is 11.1 Å². The molecule has 1 N–H and O–H groups in total. The van der Waals surface area contributed by atoms with Crippen molar-refractivity contribution in [1.29, 1.82) is 0 Å². The monoisotopic (exact) mass is 408 g/mol. The van der Waals surface area contributed by atoms with E-state index in [2.05, 4.69) is 5.32 Å². The van der Waals surface area contributed by atoms with Crippen LogP contribution < -0.4 is 5.32 Å². The summed E-state index contributed by atoms with van der Waals surface area (Å²) in [6.07, 6.45) is 0. The van der Waals surface area contributed by atoms with E-state index in [1.54, 1.807) is 0 Å². The summed E-state index contributed by atoms with van der Waals surface area (Å²) < 4.78 is 4.90. The van der Waals surface area contributed by atoms with Gasteiger partial charge in [-0.2, -0.15) is 0 Å². The van der Waals surface area contributed by atoms with Crippen molar-refractivity contribution in [2.24, 2.45) is 0 Å². The zero-order valence-corrected chi connectivity index (χ0v) is 16.0. The average molecular weight is 409 g/mol. The third kappa shape index (κ3) is 6.92. The Morgan fingerprint density at radius 1 is 1.22 bits per heavy atom. The van der Waals surface area contributed by atoms with E-state index in [1.165, 1.54) is 29.5 Å². The van der Waals surface area contributed by atoms with Gasteiger partial charge in [0.15, 0.2) is 6.61 Å². The lowest BCUT2D eigenvalue weighted by Crippen LogP contribution is -2.21. The Bertz CT molecular complexity index is 842. The van der Waals surface area contributed by atoms with Crippen LogP contribution in [-0.4, -0.2) is 29.2 Å². The highest BCUT2D eigenvalue weighted by Gasteiger charge is 2.14. The summed E-state index contributed by atoms with van der Waals surface area (Å²) in [6, 6.07) is 11.9. The maximum absolute atomic E-state index is 11.8. The molecule has 1 amide bonds. The Kier molecular flexibility index (Phi) is 7.63. The van der Waals surface area contributed by atoms with E-state index in [4.69, 9.17) is 16.3 Å². The van der Waals surface area contributed by atoms with Crippen LogP contribution in [-0.2, 0) is 20.1 Å². The predicted octanol–water partition coefficient (Wildman–Crippen LogP) is 3.97. The number of carbonyl (C=O) groups is 2. The standard InChI is InChI=1S/C18H17ClN2O5S/c1-12-2-4-13(5-3-12)10-27-11-18(23)26-9-17(22)20-14-6-7-15(19)16(8-14)21(24)25/h2-8H,9-11H2,1H3,(H,20,22). The Morgan fingerprint density at radius 3 is 2.59 bits per heavy atom. The van der Waals surface area contributed by atoms with Crippen molar-refractivity contribution in [3.63, 3.8) is 0 Å². The molecule has 0 saturated heterocycles. The fraction of sp³-hybridized carbons (Fsp3) is 0.222. The Hall–Kier alpha value is -2.58. The van der Waals surface area contributed by atoms with E-state index < -0.39 is 23.4 Å². The number of hydrogen-bond acceptors (Lipinski definition) is 6. The minimum atomic E-state index is -0.650. The maximum atomic E-state index is 11.8. The molecule has 0 heterocycles. The van der Waals surface area contributed by atoms with E-state index in [0.29, 0.717) is 5.75 Å². The molecule has 2 aromatic rings. The molecule has 0 aliphatic rings. The number of hydrogen-bond donors (Lipinski definition) is 1. The molecule has 27 heavy (non-hydrogen) atoms. The van der Waals surface area contributed by atoms with Crippen LogP contribution in [0.15, 0.2) is 42.5 Å². The van der Waals surface area contributed by atoms with Gasteiger partial charge in [0.25, 0.3) is 11.6 Å². The molecule has 0 unspecified atom stereocenters. The first kappa shape index (κ1) is 20.7. The highest BCUT2D eigenvalue weighted by Crippen LogP contribution is 2.27. The van der Waals surface area contributed by atoms with Gasteiger partial charge in [-0.3, -0.25) is 19.7 Å². The summed E-state index contributed by atoms with van der Waals surface area (Å²) in [4.78, 5) is 33.7. The van der Waals surface area contributed by atoms with Crippen LogP contribution in [0.25, 0.3) is 0 Å². The molecule has 0 aliphatic heterocycles. The van der Waals surface area contributed by atoms with Gasteiger partial charge in [0.1, 0.15) is 5.02 Å².